The Labute approximate surface area is 89.8 Å². The van der Waals surface area contributed by atoms with Crippen molar-refractivity contribution in [1.82, 2.24) is 15.0 Å². The number of ether oxygens (including phenoxy) is 1. The maximum absolute atomic E-state index is 12.2. The average molecular weight is 235 g/mol. The molecule has 0 saturated heterocycles. The van der Waals surface area contributed by atoms with Crippen molar-refractivity contribution in [3.63, 3.8) is 0 Å². The molecule has 1 aromatic rings. The van der Waals surface area contributed by atoms with Crippen LogP contribution in [0.3, 0.4) is 0 Å². The molecular formula is C8H11F2N3O3. The summed E-state index contributed by atoms with van der Waals surface area (Å²) in [6.07, 6.45) is -2.93. The van der Waals surface area contributed by atoms with E-state index in [9.17, 15) is 13.6 Å². The van der Waals surface area contributed by atoms with E-state index in [0.29, 0.717) is 0 Å². The van der Waals surface area contributed by atoms with Gasteiger partial charge in [-0.1, -0.05) is 5.21 Å². The summed E-state index contributed by atoms with van der Waals surface area (Å²) in [6, 6.07) is 0. The van der Waals surface area contributed by atoms with E-state index in [2.05, 4.69) is 10.3 Å². The minimum atomic E-state index is -2.57. The number of alkyl halides is 2. The molecule has 0 radical (unpaired) electrons. The zero-order valence-corrected chi connectivity index (χ0v) is 8.56. The van der Waals surface area contributed by atoms with E-state index in [4.69, 9.17) is 9.84 Å². The summed E-state index contributed by atoms with van der Waals surface area (Å²) in [7, 11) is 1.38. The Kier molecular flexibility index (Phi) is 4.29. The van der Waals surface area contributed by atoms with Crippen LogP contribution in [-0.4, -0.2) is 39.6 Å². The molecule has 0 amide bonds. The molecule has 0 aliphatic carbocycles. The molecule has 1 heterocycles. The van der Waals surface area contributed by atoms with E-state index in [-0.39, 0.29) is 24.4 Å². The second-order valence-corrected chi connectivity index (χ2v) is 3.06. The zero-order chi connectivity index (χ0) is 12.1. The number of carboxylic acids is 1. The third-order valence-corrected chi connectivity index (χ3v) is 1.83. The minimum Gasteiger partial charge on any atom is -0.481 e. The Hall–Kier alpha value is -1.57. The molecule has 8 heteroatoms. The van der Waals surface area contributed by atoms with Gasteiger partial charge in [0.1, 0.15) is 6.54 Å². The van der Waals surface area contributed by atoms with Crippen molar-refractivity contribution in [2.24, 2.45) is 0 Å². The monoisotopic (exact) mass is 235 g/mol. The first-order valence-corrected chi connectivity index (χ1v) is 4.44. The molecule has 0 atom stereocenters. The molecule has 1 aromatic heterocycles. The van der Waals surface area contributed by atoms with Crippen molar-refractivity contribution in [1.29, 1.82) is 0 Å². The molecule has 0 spiro atoms. The van der Waals surface area contributed by atoms with Crippen molar-refractivity contribution >= 4 is 5.97 Å². The zero-order valence-electron chi connectivity index (χ0n) is 8.56. The number of methoxy groups -OCH3 is 1. The number of hydrogen-bond donors (Lipinski definition) is 1. The van der Waals surface area contributed by atoms with Gasteiger partial charge in [-0.2, -0.15) is 0 Å². The maximum atomic E-state index is 12.2. The van der Waals surface area contributed by atoms with Gasteiger partial charge in [0, 0.05) is 7.11 Å². The van der Waals surface area contributed by atoms with E-state index in [0.717, 1.165) is 4.68 Å². The highest BCUT2D eigenvalue weighted by atomic mass is 19.3. The summed E-state index contributed by atoms with van der Waals surface area (Å²) in [5.74, 6) is -1.10. The number of halogens is 2. The summed E-state index contributed by atoms with van der Waals surface area (Å²) >= 11 is 0. The van der Waals surface area contributed by atoms with Crippen molar-refractivity contribution in [2.75, 3.05) is 7.11 Å². The van der Waals surface area contributed by atoms with Gasteiger partial charge in [0.05, 0.1) is 24.4 Å². The standard InChI is InChI=1S/C8H11F2N3O3/c1-16-4-6-5(2-8(14)15)11-12-13(6)3-7(9)10/h7H,2-4H2,1H3,(H,14,15). The fourth-order valence-corrected chi connectivity index (χ4v) is 1.22. The van der Waals surface area contributed by atoms with Gasteiger partial charge in [-0.3, -0.25) is 4.79 Å². The Morgan fingerprint density at radius 2 is 2.31 bits per heavy atom. The van der Waals surface area contributed by atoms with Gasteiger partial charge in [-0.15, -0.1) is 5.10 Å². The van der Waals surface area contributed by atoms with Gasteiger partial charge in [-0.05, 0) is 0 Å². The maximum Gasteiger partial charge on any atom is 0.309 e. The fourth-order valence-electron chi connectivity index (χ4n) is 1.22. The Bertz CT molecular complexity index is 367. The van der Waals surface area contributed by atoms with Gasteiger partial charge in [0.15, 0.2) is 0 Å². The number of carboxylic acid groups (broad SMARTS) is 1. The number of aliphatic carboxylic acids is 1. The normalized spacial score (nSPS) is 11.0. The van der Waals surface area contributed by atoms with Crippen LogP contribution in [0.5, 0.6) is 0 Å². The Morgan fingerprint density at radius 1 is 1.62 bits per heavy atom. The second kappa shape index (κ2) is 5.50. The van der Waals surface area contributed by atoms with Crippen LogP contribution in [0, 0.1) is 0 Å². The lowest BCUT2D eigenvalue weighted by atomic mass is 10.2. The largest absolute Gasteiger partial charge is 0.481 e. The van der Waals surface area contributed by atoms with E-state index < -0.39 is 18.9 Å². The first-order chi connectivity index (χ1) is 7.54. The molecule has 0 aliphatic heterocycles. The lowest BCUT2D eigenvalue weighted by Crippen LogP contribution is -2.13. The summed E-state index contributed by atoms with van der Waals surface area (Å²) in [5, 5.41) is 15.6. The summed E-state index contributed by atoms with van der Waals surface area (Å²) in [4.78, 5) is 10.5. The van der Waals surface area contributed by atoms with E-state index in [1.807, 2.05) is 0 Å². The number of hydrogen-bond acceptors (Lipinski definition) is 4. The third kappa shape index (κ3) is 3.23. The predicted molar refractivity (Wildman–Crippen MR) is 48.1 cm³/mol. The molecule has 0 unspecified atom stereocenters. The van der Waals surface area contributed by atoms with Crippen molar-refractivity contribution in [2.45, 2.75) is 26.0 Å². The topological polar surface area (TPSA) is 77.2 Å². The van der Waals surface area contributed by atoms with E-state index in [1.165, 1.54) is 7.11 Å². The second-order valence-electron chi connectivity index (χ2n) is 3.06. The van der Waals surface area contributed by atoms with Crippen molar-refractivity contribution in [3.05, 3.63) is 11.4 Å². The Balaban J connectivity index is 2.91. The van der Waals surface area contributed by atoms with E-state index in [1.54, 1.807) is 0 Å². The van der Waals surface area contributed by atoms with Gasteiger partial charge >= 0.3 is 5.97 Å². The number of nitrogens with zero attached hydrogens (tertiary/aromatic N) is 3. The highest BCUT2D eigenvalue weighted by Gasteiger charge is 2.17. The van der Waals surface area contributed by atoms with Gasteiger partial charge in [0.25, 0.3) is 6.43 Å². The minimum absolute atomic E-state index is 0.00231. The first-order valence-electron chi connectivity index (χ1n) is 4.44. The molecule has 0 saturated carbocycles. The van der Waals surface area contributed by atoms with Crippen LogP contribution < -0.4 is 0 Å². The van der Waals surface area contributed by atoms with Crippen molar-refractivity contribution < 1.29 is 23.4 Å². The molecule has 0 fully saturated rings. The van der Waals surface area contributed by atoms with E-state index >= 15 is 0 Å². The predicted octanol–water partition coefficient (Wildman–Crippen LogP) is 0.317. The first kappa shape index (κ1) is 12.5. The van der Waals surface area contributed by atoms with Gasteiger partial charge in [0.2, 0.25) is 0 Å². The van der Waals surface area contributed by atoms with Crippen LogP contribution in [0.2, 0.25) is 0 Å². The smallest absolute Gasteiger partial charge is 0.309 e. The Morgan fingerprint density at radius 3 is 2.81 bits per heavy atom. The highest BCUT2D eigenvalue weighted by molar-refractivity contribution is 5.69. The molecule has 0 aromatic carbocycles. The molecule has 6 nitrogen and oxygen atoms in total. The molecule has 0 bridgehead atoms. The quantitative estimate of drug-likeness (QED) is 0.768. The lowest BCUT2D eigenvalue weighted by Gasteiger charge is -2.05. The van der Waals surface area contributed by atoms with Crippen molar-refractivity contribution in [3.8, 4) is 0 Å². The summed E-state index contributed by atoms with van der Waals surface area (Å²) < 4.78 is 30.1. The summed E-state index contributed by atoms with van der Waals surface area (Å²) in [6.45, 7) is -0.617. The SMILES string of the molecule is COCc1c(CC(=O)O)nnn1CC(F)F. The summed E-state index contributed by atoms with van der Waals surface area (Å²) in [5.41, 5.74) is 0.417. The van der Waals surface area contributed by atoms with Gasteiger partial charge in [-0.25, -0.2) is 13.5 Å². The number of rotatable bonds is 6. The third-order valence-electron chi connectivity index (χ3n) is 1.83. The van der Waals surface area contributed by atoms with Crippen LogP contribution in [0.4, 0.5) is 8.78 Å². The van der Waals surface area contributed by atoms with Crippen LogP contribution in [0.1, 0.15) is 11.4 Å². The van der Waals surface area contributed by atoms with Crippen LogP contribution >= 0.6 is 0 Å². The fraction of sp³-hybridized carbons (Fsp3) is 0.625. The lowest BCUT2D eigenvalue weighted by molar-refractivity contribution is -0.136. The molecule has 1 rings (SSSR count). The van der Waals surface area contributed by atoms with Crippen LogP contribution in [-0.2, 0) is 29.1 Å². The van der Waals surface area contributed by atoms with Gasteiger partial charge < -0.3 is 9.84 Å². The number of carbonyl (C=O) groups is 1. The molecule has 90 valence electrons. The number of aromatic nitrogens is 3. The molecule has 0 aliphatic rings. The average Bonchev–Trinajstić information content (AvgIpc) is 2.49. The molecular weight excluding hydrogens is 224 g/mol. The van der Waals surface area contributed by atoms with Crippen LogP contribution in [0.15, 0.2) is 0 Å². The highest BCUT2D eigenvalue weighted by Crippen LogP contribution is 2.10. The molecule has 16 heavy (non-hydrogen) atoms. The molecule has 1 N–H and O–H groups in total. The van der Waals surface area contributed by atoms with Crippen LogP contribution in [0.25, 0.3) is 0 Å².